The van der Waals surface area contributed by atoms with Gasteiger partial charge in [-0.1, -0.05) is 82.7 Å². The number of allylic oxidation sites excluding steroid dienone is 4. The number of ketones is 2. The zero-order valence-corrected chi connectivity index (χ0v) is 24.5. The van der Waals surface area contributed by atoms with Crippen molar-refractivity contribution in [2.45, 2.75) is 78.1 Å². The van der Waals surface area contributed by atoms with Gasteiger partial charge in [0.05, 0.1) is 14.2 Å². The maximum absolute atomic E-state index is 11.7. The lowest BCUT2D eigenvalue weighted by Crippen LogP contribution is -1.92. The topological polar surface area (TPSA) is 93.1 Å². The molecule has 0 unspecified atom stereocenters. The summed E-state index contributed by atoms with van der Waals surface area (Å²) in [6, 6.07) is 9.98. The van der Waals surface area contributed by atoms with Crippen LogP contribution in [0.4, 0.5) is 0 Å². The number of rotatable bonds is 17. The number of hydrogen-bond acceptors (Lipinski definition) is 6. The number of phenols is 2. The van der Waals surface area contributed by atoms with Crippen LogP contribution in [0.25, 0.3) is 12.2 Å². The van der Waals surface area contributed by atoms with E-state index in [1.807, 2.05) is 6.08 Å². The molecule has 0 saturated carbocycles. The SMILES string of the molecule is CCCCC/C=C/C(=O)/C=C/c1ccc(O)c(OC)c1.CCCCCCCC(=O)/C=C/c1ccc(O)c(OC)c1. The van der Waals surface area contributed by atoms with Crippen LogP contribution in [0.1, 0.15) is 89.2 Å². The van der Waals surface area contributed by atoms with E-state index in [9.17, 15) is 19.8 Å². The molecule has 6 nitrogen and oxygen atoms in total. The van der Waals surface area contributed by atoms with Gasteiger partial charge < -0.3 is 19.7 Å². The Morgan fingerprint density at radius 1 is 0.700 bits per heavy atom. The van der Waals surface area contributed by atoms with Crippen LogP contribution in [-0.4, -0.2) is 36.0 Å². The van der Waals surface area contributed by atoms with Crippen molar-refractivity contribution in [1.82, 2.24) is 0 Å². The summed E-state index contributed by atoms with van der Waals surface area (Å²) in [5.74, 6) is 1.12. The van der Waals surface area contributed by atoms with Crippen LogP contribution in [0.15, 0.2) is 60.7 Å². The zero-order chi connectivity index (χ0) is 29.6. The highest BCUT2D eigenvalue weighted by atomic mass is 16.5. The van der Waals surface area contributed by atoms with Crippen molar-refractivity contribution in [3.05, 3.63) is 71.8 Å². The summed E-state index contributed by atoms with van der Waals surface area (Å²) in [5.41, 5.74) is 1.66. The first-order valence-corrected chi connectivity index (χ1v) is 14.2. The fraction of sp³-hybridized carbons (Fsp3) is 0.412. The molecular weight excluding hydrogens is 504 g/mol. The van der Waals surface area contributed by atoms with Crippen molar-refractivity contribution in [1.29, 1.82) is 0 Å². The molecule has 2 rings (SSSR count). The molecule has 0 aliphatic carbocycles. The first kappa shape index (κ1) is 34.2. The van der Waals surface area contributed by atoms with Crippen LogP contribution in [0.3, 0.4) is 0 Å². The summed E-state index contributed by atoms with van der Waals surface area (Å²) in [7, 11) is 3.00. The van der Waals surface area contributed by atoms with Crippen LogP contribution in [-0.2, 0) is 9.59 Å². The van der Waals surface area contributed by atoms with Gasteiger partial charge in [-0.3, -0.25) is 9.59 Å². The molecular formula is C34H46O6. The minimum atomic E-state index is -0.0338. The number of benzene rings is 2. The molecule has 2 aromatic rings. The second-order valence-electron chi connectivity index (χ2n) is 9.46. The normalized spacial score (nSPS) is 11.1. The van der Waals surface area contributed by atoms with E-state index in [0.29, 0.717) is 17.9 Å². The Balaban J connectivity index is 0.000000400. The van der Waals surface area contributed by atoms with Gasteiger partial charge in [-0.25, -0.2) is 0 Å². The summed E-state index contributed by atoms with van der Waals surface area (Å²) in [5, 5.41) is 19.0. The van der Waals surface area contributed by atoms with Crippen molar-refractivity contribution in [2.75, 3.05) is 14.2 Å². The fourth-order valence-corrected chi connectivity index (χ4v) is 3.72. The Kier molecular flexibility index (Phi) is 18.0. The maximum Gasteiger partial charge on any atom is 0.178 e. The molecule has 0 atom stereocenters. The largest absolute Gasteiger partial charge is 0.504 e. The number of aromatic hydroxyl groups is 2. The third kappa shape index (κ3) is 15.0. The first-order chi connectivity index (χ1) is 19.3. The lowest BCUT2D eigenvalue weighted by Gasteiger charge is -2.03. The van der Waals surface area contributed by atoms with Crippen LogP contribution in [0.5, 0.6) is 23.0 Å². The quantitative estimate of drug-likeness (QED) is 0.152. The summed E-state index contributed by atoms with van der Waals surface area (Å²) < 4.78 is 10.0. The van der Waals surface area contributed by atoms with Gasteiger partial charge in [0.1, 0.15) is 0 Å². The number of hydrogen-bond donors (Lipinski definition) is 2. The van der Waals surface area contributed by atoms with Gasteiger partial charge in [0.25, 0.3) is 0 Å². The van der Waals surface area contributed by atoms with Crippen LogP contribution < -0.4 is 9.47 Å². The lowest BCUT2D eigenvalue weighted by atomic mass is 10.1. The number of methoxy groups -OCH3 is 2. The Morgan fingerprint density at radius 3 is 1.77 bits per heavy atom. The van der Waals surface area contributed by atoms with Gasteiger partial charge in [0.15, 0.2) is 34.6 Å². The Labute approximate surface area is 240 Å². The smallest absolute Gasteiger partial charge is 0.178 e. The number of carbonyl (C=O) groups excluding carboxylic acids is 2. The lowest BCUT2D eigenvalue weighted by molar-refractivity contribution is -0.114. The molecule has 2 aromatic carbocycles. The molecule has 0 aromatic heterocycles. The maximum atomic E-state index is 11.7. The van der Waals surface area contributed by atoms with Gasteiger partial charge in [-0.2, -0.15) is 0 Å². The zero-order valence-electron chi connectivity index (χ0n) is 24.5. The molecule has 0 spiro atoms. The molecule has 0 aliphatic heterocycles. The Morgan fingerprint density at radius 2 is 1.23 bits per heavy atom. The van der Waals surface area contributed by atoms with Crippen molar-refractivity contribution in [2.24, 2.45) is 0 Å². The van der Waals surface area contributed by atoms with E-state index in [0.717, 1.165) is 36.8 Å². The number of ether oxygens (including phenoxy) is 2. The van der Waals surface area contributed by atoms with E-state index in [1.165, 1.54) is 52.4 Å². The van der Waals surface area contributed by atoms with E-state index >= 15 is 0 Å². The standard InChI is InChI=1S/C17H24O3.C17H22O3/c2*1-3-4-5-6-7-8-15(18)11-9-14-10-12-16(19)17(13-14)20-2/h9-13,19H,3-8H2,1-2H3;7-13,19H,3-6H2,1-2H3/b11-9+;8-7+,11-9+. The van der Waals surface area contributed by atoms with Gasteiger partial charge in [0, 0.05) is 6.42 Å². The van der Waals surface area contributed by atoms with Crippen molar-refractivity contribution >= 4 is 23.7 Å². The molecule has 0 heterocycles. The monoisotopic (exact) mass is 550 g/mol. The van der Waals surface area contributed by atoms with E-state index in [-0.39, 0.29) is 23.1 Å². The van der Waals surface area contributed by atoms with Crippen LogP contribution >= 0.6 is 0 Å². The van der Waals surface area contributed by atoms with Crippen molar-refractivity contribution in [3.63, 3.8) is 0 Å². The Hall–Kier alpha value is -3.80. The first-order valence-electron chi connectivity index (χ1n) is 14.2. The summed E-state index contributed by atoms with van der Waals surface area (Å²) in [6.07, 6.45) is 20.9. The molecule has 0 fully saturated rings. The van der Waals surface area contributed by atoms with Gasteiger partial charge in [-0.05, 0) is 72.9 Å². The minimum Gasteiger partial charge on any atom is -0.504 e. The van der Waals surface area contributed by atoms with Gasteiger partial charge in [-0.15, -0.1) is 0 Å². The number of unbranched alkanes of at least 4 members (excludes halogenated alkanes) is 7. The fourth-order valence-electron chi connectivity index (χ4n) is 3.72. The molecule has 0 bridgehead atoms. The highest BCUT2D eigenvalue weighted by molar-refractivity contribution is 6.02. The van der Waals surface area contributed by atoms with Crippen molar-refractivity contribution in [3.8, 4) is 23.0 Å². The molecule has 2 N–H and O–H groups in total. The summed E-state index contributed by atoms with van der Waals surface area (Å²) in [4.78, 5) is 23.3. The molecule has 218 valence electrons. The Bertz CT molecular complexity index is 1110. The molecule has 0 aliphatic rings. The average Bonchev–Trinajstić information content (AvgIpc) is 2.96. The third-order valence-electron chi connectivity index (χ3n) is 6.09. The van der Waals surface area contributed by atoms with E-state index in [1.54, 1.807) is 60.7 Å². The highest BCUT2D eigenvalue weighted by Gasteiger charge is 2.02. The molecule has 0 radical (unpaired) electrons. The second kappa shape index (κ2) is 21.1. The molecule has 0 amide bonds. The number of carbonyl (C=O) groups is 2. The van der Waals surface area contributed by atoms with E-state index in [4.69, 9.17) is 9.47 Å². The summed E-state index contributed by atoms with van der Waals surface area (Å²) in [6.45, 7) is 4.34. The molecule has 6 heteroatoms. The van der Waals surface area contributed by atoms with E-state index in [2.05, 4.69) is 13.8 Å². The average molecular weight is 551 g/mol. The molecule has 40 heavy (non-hydrogen) atoms. The van der Waals surface area contributed by atoms with Crippen molar-refractivity contribution < 1.29 is 29.3 Å². The van der Waals surface area contributed by atoms with E-state index < -0.39 is 0 Å². The third-order valence-corrected chi connectivity index (χ3v) is 6.09. The van der Waals surface area contributed by atoms with Gasteiger partial charge >= 0.3 is 0 Å². The number of phenolic OH excluding ortho intramolecular Hbond substituents is 2. The van der Waals surface area contributed by atoms with Gasteiger partial charge in [0.2, 0.25) is 0 Å². The second-order valence-corrected chi connectivity index (χ2v) is 9.46. The molecule has 0 saturated heterocycles. The minimum absolute atomic E-state index is 0.0338. The highest BCUT2D eigenvalue weighted by Crippen LogP contribution is 2.27. The predicted molar refractivity (Wildman–Crippen MR) is 164 cm³/mol. The predicted octanol–water partition coefficient (Wildman–Crippen LogP) is 8.46. The summed E-state index contributed by atoms with van der Waals surface area (Å²) >= 11 is 0. The van der Waals surface area contributed by atoms with Crippen LogP contribution in [0.2, 0.25) is 0 Å². The van der Waals surface area contributed by atoms with Crippen LogP contribution in [0, 0.1) is 0 Å².